The van der Waals surface area contributed by atoms with Crippen molar-refractivity contribution in [2.24, 2.45) is 9.50 Å². The Labute approximate surface area is 186 Å². The summed E-state index contributed by atoms with van der Waals surface area (Å²) in [4.78, 5) is 0.0217. The van der Waals surface area contributed by atoms with Gasteiger partial charge < -0.3 is 14.2 Å². The third-order valence-corrected chi connectivity index (χ3v) is 7.00. The van der Waals surface area contributed by atoms with Gasteiger partial charge in [0.25, 0.3) is 10.0 Å². The monoisotopic (exact) mass is 463 g/mol. The first kappa shape index (κ1) is 21.5. The van der Waals surface area contributed by atoms with E-state index in [1.54, 1.807) is 24.3 Å². The van der Waals surface area contributed by atoms with Crippen LogP contribution in [-0.4, -0.2) is 52.3 Å². The lowest BCUT2D eigenvalue weighted by Gasteiger charge is -2.31. The van der Waals surface area contributed by atoms with Gasteiger partial charge in [-0.3, -0.25) is 0 Å². The number of hydrogen-bond donors (Lipinski definition) is 0. The van der Waals surface area contributed by atoms with E-state index in [2.05, 4.69) is 4.40 Å². The number of hydrazone groups is 1. The molecule has 1 unspecified atom stereocenters. The van der Waals surface area contributed by atoms with Crippen molar-refractivity contribution in [3.8, 4) is 17.2 Å². The highest BCUT2D eigenvalue weighted by atomic mass is 35.5. The van der Waals surface area contributed by atoms with Gasteiger partial charge in [0, 0.05) is 17.2 Å². The van der Waals surface area contributed by atoms with Crippen LogP contribution in [0.3, 0.4) is 0 Å². The normalized spacial score (nSPS) is 19.4. The van der Waals surface area contributed by atoms with Crippen molar-refractivity contribution in [1.82, 2.24) is 5.01 Å². The molecule has 2 heterocycles. The van der Waals surface area contributed by atoms with Crippen molar-refractivity contribution < 1.29 is 22.6 Å². The van der Waals surface area contributed by atoms with E-state index in [9.17, 15) is 8.42 Å². The Morgan fingerprint density at radius 3 is 2.48 bits per heavy atom. The fourth-order valence-electron chi connectivity index (χ4n) is 3.70. The third kappa shape index (κ3) is 3.72. The van der Waals surface area contributed by atoms with Crippen LogP contribution in [0, 0.1) is 0 Å². The topological polar surface area (TPSA) is 89.8 Å². The number of methoxy groups -OCH3 is 3. The van der Waals surface area contributed by atoms with Crippen LogP contribution in [-0.2, 0) is 10.0 Å². The van der Waals surface area contributed by atoms with Crippen LogP contribution >= 0.6 is 11.6 Å². The Hall–Kier alpha value is -2.78. The molecule has 164 valence electrons. The number of hydrogen-bond acceptors (Lipinski definition) is 7. The van der Waals surface area contributed by atoms with Crippen molar-refractivity contribution >= 4 is 33.2 Å². The molecule has 1 atom stereocenters. The van der Waals surface area contributed by atoms with E-state index in [1.165, 1.54) is 20.3 Å². The summed E-state index contributed by atoms with van der Waals surface area (Å²) in [5.74, 6) is 1.45. The van der Waals surface area contributed by atoms with E-state index in [4.69, 9.17) is 30.9 Å². The Bertz CT molecular complexity index is 1210. The third-order valence-electron chi connectivity index (χ3n) is 5.34. The lowest BCUT2D eigenvalue weighted by atomic mass is 10.00. The van der Waals surface area contributed by atoms with Gasteiger partial charge in [-0.15, -0.1) is 4.40 Å². The molecular formula is C21H22ClN3O5S. The predicted octanol–water partition coefficient (Wildman–Crippen LogP) is 3.70. The van der Waals surface area contributed by atoms with Crippen LogP contribution in [0.1, 0.15) is 30.9 Å². The molecule has 31 heavy (non-hydrogen) atoms. The fourth-order valence-corrected chi connectivity index (χ4v) is 5.22. The molecule has 0 N–H and O–H groups in total. The van der Waals surface area contributed by atoms with E-state index in [0.29, 0.717) is 22.1 Å². The standard InChI is InChI=1S/C21H22ClN3O5S/c1-12-5-8-17(13-6-7-16(22)18(9-13)29-3)23-25(12)21-15-10-14(28-2)11-19(30-4)20(15)31(26,27)24-21/h6-7,9-12H,5,8H2,1-4H3. The number of fused-ring (bicyclic) bond motifs is 1. The molecule has 0 radical (unpaired) electrons. The van der Waals surface area contributed by atoms with Gasteiger partial charge in [-0.05, 0) is 38.0 Å². The molecule has 0 spiro atoms. The molecule has 0 saturated heterocycles. The molecule has 0 fully saturated rings. The average Bonchev–Trinajstić information content (AvgIpc) is 3.04. The van der Waals surface area contributed by atoms with Crippen LogP contribution in [0.25, 0.3) is 0 Å². The first-order chi connectivity index (χ1) is 14.8. The zero-order valence-corrected chi connectivity index (χ0v) is 19.1. The minimum absolute atomic E-state index is 0.0217. The molecule has 0 aromatic heterocycles. The van der Waals surface area contributed by atoms with Gasteiger partial charge in [0.1, 0.15) is 22.1 Å². The average molecular weight is 464 g/mol. The highest BCUT2D eigenvalue weighted by Crippen LogP contribution is 2.40. The summed E-state index contributed by atoms with van der Waals surface area (Å²) < 4.78 is 45.7. The van der Waals surface area contributed by atoms with E-state index in [0.717, 1.165) is 24.1 Å². The van der Waals surface area contributed by atoms with Crippen LogP contribution in [0.4, 0.5) is 0 Å². The summed E-state index contributed by atoms with van der Waals surface area (Å²) in [6.45, 7) is 1.98. The molecule has 4 rings (SSSR count). The summed E-state index contributed by atoms with van der Waals surface area (Å²) in [6, 6.07) is 8.55. The van der Waals surface area contributed by atoms with Crippen LogP contribution in [0.15, 0.2) is 44.7 Å². The molecule has 2 aromatic rings. The predicted molar refractivity (Wildman–Crippen MR) is 118 cm³/mol. The van der Waals surface area contributed by atoms with Crippen molar-refractivity contribution in [2.45, 2.75) is 30.7 Å². The first-order valence-corrected chi connectivity index (χ1v) is 11.4. The highest BCUT2D eigenvalue weighted by molar-refractivity contribution is 7.90. The smallest absolute Gasteiger partial charge is 0.288 e. The molecule has 2 aliphatic heterocycles. The minimum Gasteiger partial charge on any atom is -0.497 e. The van der Waals surface area contributed by atoms with Crippen LogP contribution < -0.4 is 14.2 Å². The lowest BCUT2D eigenvalue weighted by molar-refractivity contribution is 0.316. The Morgan fingerprint density at radius 1 is 1.06 bits per heavy atom. The number of sulfonamides is 1. The summed E-state index contributed by atoms with van der Waals surface area (Å²) >= 11 is 6.15. The largest absolute Gasteiger partial charge is 0.497 e. The van der Waals surface area contributed by atoms with Gasteiger partial charge in [-0.25, -0.2) is 5.01 Å². The Morgan fingerprint density at radius 2 is 1.81 bits per heavy atom. The Balaban J connectivity index is 1.84. The minimum atomic E-state index is -3.93. The highest BCUT2D eigenvalue weighted by Gasteiger charge is 2.38. The van der Waals surface area contributed by atoms with Gasteiger partial charge in [-0.1, -0.05) is 17.7 Å². The van der Waals surface area contributed by atoms with Gasteiger partial charge in [-0.2, -0.15) is 13.5 Å². The van der Waals surface area contributed by atoms with E-state index in [1.807, 2.05) is 19.1 Å². The number of halogens is 1. The summed E-state index contributed by atoms with van der Waals surface area (Å²) in [5, 5.41) is 6.93. The summed E-state index contributed by atoms with van der Waals surface area (Å²) in [7, 11) is 0.541. The lowest BCUT2D eigenvalue weighted by Crippen LogP contribution is -2.38. The molecule has 8 nitrogen and oxygen atoms in total. The number of amidine groups is 1. The molecule has 0 amide bonds. The van der Waals surface area contributed by atoms with Crippen LogP contribution in [0.5, 0.6) is 17.2 Å². The van der Waals surface area contributed by atoms with Crippen molar-refractivity contribution in [3.05, 3.63) is 46.5 Å². The summed E-state index contributed by atoms with van der Waals surface area (Å²) in [6.07, 6.45) is 1.48. The van der Waals surface area contributed by atoms with Crippen LogP contribution in [0.2, 0.25) is 5.02 Å². The fraction of sp³-hybridized carbons (Fsp3) is 0.333. The van der Waals surface area contributed by atoms with Gasteiger partial charge in [0.15, 0.2) is 5.84 Å². The zero-order chi connectivity index (χ0) is 22.3. The van der Waals surface area contributed by atoms with Crippen molar-refractivity contribution in [2.75, 3.05) is 21.3 Å². The zero-order valence-electron chi connectivity index (χ0n) is 17.5. The van der Waals surface area contributed by atoms with Gasteiger partial charge in [0.05, 0.1) is 38.1 Å². The maximum atomic E-state index is 12.8. The van der Waals surface area contributed by atoms with E-state index < -0.39 is 10.0 Å². The molecule has 0 aliphatic carbocycles. The van der Waals surface area contributed by atoms with Gasteiger partial charge in [0.2, 0.25) is 0 Å². The quantitative estimate of drug-likeness (QED) is 0.686. The molecule has 0 bridgehead atoms. The van der Waals surface area contributed by atoms with Gasteiger partial charge >= 0.3 is 0 Å². The maximum Gasteiger partial charge on any atom is 0.288 e. The number of benzene rings is 2. The second-order valence-electron chi connectivity index (χ2n) is 7.22. The van der Waals surface area contributed by atoms with E-state index >= 15 is 0 Å². The molecular weight excluding hydrogens is 442 g/mol. The molecule has 0 saturated carbocycles. The number of nitrogens with zero attached hydrogens (tertiary/aromatic N) is 3. The van der Waals surface area contributed by atoms with Crippen molar-refractivity contribution in [1.29, 1.82) is 0 Å². The molecule has 2 aromatic carbocycles. The van der Waals surface area contributed by atoms with E-state index in [-0.39, 0.29) is 22.5 Å². The first-order valence-electron chi connectivity index (χ1n) is 9.61. The molecule has 2 aliphatic rings. The van der Waals surface area contributed by atoms with Crippen molar-refractivity contribution in [3.63, 3.8) is 0 Å². The second-order valence-corrected chi connectivity index (χ2v) is 9.17. The Kier molecular flexibility index (Phi) is 5.57. The summed E-state index contributed by atoms with van der Waals surface area (Å²) in [5.41, 5.74) is 2.04. The SMILES string of the molecule is COc1cc(OC)c2c(c1)C(N1N=C(c3ccc(Cl)c(OC)c3)CCC1C)=NS2(=O)=O. The maximum absolute atomic E-state index is 12.8. The number of ether oxygens (including phenoxy) is 3. The second kappa shape index (κ2) is 8.05. The molecule has 10 heteroatoms. The number of rotatable bonds is 4.